The van der Waals surface area contributed by atoms with Crippen molar-refractivity contribution in [2.45, 2.75) is 23.0 Å². The van der Waals surface area contributed by atoms with Crippen LogP contribution in [0.4, 0.5) is 0 Å². The lowest BCUT2D eigenvalue weighted by molar-refractivity contribution is -0.196. The molecule has 1 aliphatic rings. The van der Waals surface area contributed by atoms with Gasteiger partial charge >= 0.3 is 5.97 Å². The molecule has 0 radical (unpaired) electrons. The van der Waals surface area contributed by atoms with Gasteiger partial charge in [0.25, 0.3) is 21.9 Å². The van der Waals surface area contributed by atoms with Crippen molar-refractivity contribution in [3.63, 3.8) is 0 Å². The average molecular weight is 392 g/mol. The Kier molecular flexibility index (Phi) is 5.85. The van der Waals surface area contributed by atoms with Gasteiger partial charge in [0.05, 0.1) is 0 Å². The maximum atomic E-state index is 12.0. The van der Waals surface area contributed by atoms with E-state index in [4.69, 9.17) is 0 Å². The van der Waals surface area contributed by atoms with Gasteiger partial charge in [-0.2, -0.15) is 8.42 Å². The van der Waals surface area contributed by atoms with Crippen molar-refractivity contribution in [2.75, 3.05) is 0 Å². The predicted octanol–water partition coefficient (Wildman–Crippen LogP) is 0.889. The second-order valence-electron chi connectivity index (χ2n) is 4.74. The lowest BCUT2D eigenvalue weighted by atomic mass is 10.1. The number of carbonyl (C=O) groups excluding carboxylic acids is 3. The summed E-state index contributed by atoms with van der Waals surface area (Å²) in [6.07, 6.45) is 1.32. The Morgan fingerprint density at radius 3 is 2.67 bits per heavy atom. The van der Waals surface area contributed by atoms with Crippen LogP contribution in [0.1, 0.15) is 13.3 Å². The lowest BCUT2D eigenvalue weighted by Crippen LogP contribution is -2.38. The fraction of sp³-hybridized carbons (Fsp3) is 0.333. The van der Waals surface area contributed by atoms with Crippen LogP contribution in [0.5, 0.6) is 0 Å². The van der Waals surface area contributed by atoms with Gasteiger partial charge in [0, 0.05) is 18.5 Å². The van der Waals surface area contributed by atoms with Crippen molar-refractivity contribution in [3.05, 3.63) is 24.4 Å². The summed E-state index contributed by atoms with van der Waals surface area (Å²) in [5.41, 5.74) is 0. The second-order valence-corrected chi connectivity index (χ2v) is 8.86. The zero-order valence-corrected chi connectivity index (χ0v) is 14.6. The molecule has 2 atom stereocenters. The Morgan fingerprint density at radius 2 is 2.17 bits per heavy atom. The number of hydrogen-bond donors (Lipinski definition) is 1. The summed E-state index contributed by atoms with van der Waals surface area (Å²) < 4.78 is 30.0. The zero-order chi connectivity index (χ0) is 17.9. The van der Waals surface area contributed by atoms with E-state index in [1.807, 2.05) is 0 Å². The molecule has 1 N–H and O–H groups in total. The Morgan fingerprint density at radius 1 is 1.46 bits per heavy atom. The highest BCUT2D eigenvalue weighted by Crippen LogP contribution is 2.36. The van der Waals surface area contributed by atoms with Crippen molar-refractivity contribution in [2.24, 2.45) is 5.92 Å². The molecule has 1 aromatic rings. The van der Waals surface area contributed by atoms with E-state index in [0.717, 1.165) is 10.8 Å². The summed E-state index contributed by atoms with van der Waals surface area (Å²) in [6.45, 7) is 1.47. The number of aromatic nitrogens is 1. The Labute approximate surface area is 145 Å². The van der Waals surface area contributed by atoms with Gasteiger partial charge in [0.15, 0.2) is 0 Å². The molecular formula is C12H12N2O7S3. The highest BCUT2D eigenvalue weighted by atomic mass is 33.1. The molecule has 2 amide bonds. The van der Waals surface area contributed by atoms with E-state index in [0.29, 0.717) is 15.8 Å². The maximum Gasteiger partial charge on any atom is 0.364 e. The molecule has 9 nitrogen and oxygen atoms in total. The van der Waals surface area contributed by atoms with Crippen LogP contribution in [-0.4, -0.2) is 45.4 Å². The van der Waals surface area contributed by atoms with E-state index in [2.05, 4.69) is 9.82 Å². The molecular weight excluding hydrogens is 380 g/mol. The first-order valence-electron chi connectivity index (χ1n) is 6.49. The van der Waals surface area contributed by atoms with Crippen LogP contribution >= 0.6 is 21.6 Å². The molecule has 1 saturated heterocycles. The van der Waals surface area contributed by atoms with E-state index in [-0.39, 0.29) is 11.5 Å². The van der Waals surface area contributed by atoms with E-state index >= 15 is 0 Å². The Hall–Kier alpha value is -1.63. The maximum absolute atomic E-state index is 12.0. The van der Waals surface area contributed by atoms with Gasteiger partial charge in [0.2, 0.25) is 4.58 Å². The summed E-state index contributed by atoms with van der Waals surface area (Å²) in [4.78, 5) is 43.8. The van der Waals surface area contributed by atoms with Crippen LogP contribution in [0.2, 0.25) is 0 Å². The molecule has 1 unspecified atom stereocenters. The molecule has 130 valence electrons. The molecule has 0 aliphatic carbocycles. The topological polar surface area (TPSA) is 131 Å². The quantitative estimate of drug-likeness (QED) is 0.423. The predicted molar refractivity (Wildman–Crippen MR) is 84.7 cm³/mol. The molecule has 0 spiro atoms. The Bertz CT molecular complexity index is 753. The number of hydroxylamine groups is 2. The normalized spacial score (nSPS) is 19.4. The monoisotopic (exact) mass is 392 g/mol. The van der Waals surface area contributed by atoms with Crippen molar-refractivity contribution in [1.29, 1.82) is 0 Å². The minimum absolute atomic E-state index is 0.140. The SMILES string of the molecule is C[C@@H]1CC(=O)N(OC(=O)C(SSc2ccccn2)S(=O)(=O)O)C1=O. The molecule has 12 heteroatoms. The van der Waals surface area contributed by atoms with Gasteiger partial charge in [0.1, 0.15) is 5.03 Å². The molecule has 24 heavy (non-hydrogen) atoms. The van der Waals surface area contributed by atoms with Crippen LogP contribution in [0, 0.1) is 5.92 Å². The minimum Gasteiger partial charge on any atom is -0.328 e. The second kappa shape index (κ2) is 7.51. The largest absolute Gasteiger partial charge is 0.364 e. The highest BCUT2D eigenvalue weighted by molar-refractivity contribution is 8.78. The number of hydrogen-bond acceptors (Lipinski definition) is 9. The number of pyridine rings is 1. The third kappa shape index (κ3) is 4.47. The standard InChI is InChI=1S/C12H12N2O7S3/c1-7-6-9(15)14(10(7)16)21-11(17)12(24(18,19)20)23-22-8-4-2-3-5-13-8/h2-5,7,12H,6H2,1H3,(H,18,19,20)/t7-,12?/m1/s1. The van der Waals surface area contributed by atoms with Crippen molar-refractivity contribution in [1.82, 2.24) is 10.0 Å². The number of rotatable bonds is 6. The van der Waals surface area contributed by atoms with Gasteiger partial charge in [-0.25, -0.2) is 9.78 Å². The molecule has 0 saturated carbocycles. The molecule has 1 aromatic heterocycles. The number of imide groups is 1. The molecule has 2 rings (SSSR count). The van der Waals surface area contributed by atoms with Crippen LogP contribution in [0.25, 0.3) is 0 Å². The van der Waals surface area contributed by atoms with Gasteiger partial charge in [-0.15, -0.1) is 5.06 Å². The first kappa shape index (κ1) is 18.7. The average Bonchev–Trinajstić information content (AvgIpc) is 2.73. The van der Waals surface area contributed by atoms with Gasteiger partial charge < -0.3 is 4.84 Å². The number of carbonyl (C=O) groups is 3. The molecule has 1 fully saturated rings. The molecule has 0 aromatic carbocycles. The van der Waals surface area contributed by atoms with Crippen LogP contribution in [0.15, 0.2) is 29.4 Å². The minimum atomic E-state index is -4.83. The summed E-state index contributed by atoms with van der Waals surface area (Å²) in [5.74, 6) is -3.60. The van der Waals surface area contributed by atoms with Crippen LogP contribution < -0.4 is 0 Å². The smallest absolute Gasteiger partial charge is 0.328 e. The van der Waals surface area contributed by atoms with E-state index in [1.165, 1.54) is 13.1 Å². The molecule has 2 heterocycles. The van der Waals surface area contributed by atoms with E-state index in [1.54, 1.807) is 18.2 Å². The summed E-state index contributed by atoms with van der Waals surface area (Å²) in [5, 5.41) is 0.628. The summed E-state index contributed by atoms with van der Waals surface area (Å²) in [7, 11) is -3.54. The number of amides is 2. The lowest BCUT2D eigenvalue weighted by Gasteiger charge is -2.16. The Balaban J connectivity index is 2.09. The zero-order valence-electron chi connectivity index (χ0n) is 12.2. The van der Waals surface area contributed by atoms with E-state index < -0.39 is 38.4 Å². The van der Waals surface area contributed by atoms with Gasteiger partial charge in [-0.05, 0) is 22.9 Å². The van der Waals surface area contributed by atoms with Crippen molar-refractivity contribution in [3.8, 4) is 0 Å². The van der Waals surface area contributed by atoms with Crippen molar-refractivity contribution < 1.29 is 32.2 Å². The van der Waals surface area contributed by atoms with E-state index in [9.17, 15) is 27.4 Å². The third-order valence-corrected chi connectivity index (χ3v) is 7.20. The molecule has 1 aliphatic heterocycles. The number of nitrogens with zero attached hydrogens (tertiary/aromatic N) is 2. The first-order chi connectivity index (χ1) is 11.2. The van der Waals surface area contributed by atoms with Gasteiger partial charge in [-0.1, -0.05) is 23.8 Å². The fourth-order valence-corrected chi connectivity index (χ4v) is 5.25. The van der Waals surface area contributed by atoms with Crippen molar-refractivity contribution >= 4 is 49.5 Å². The summed E-state index contributed by atoms with van der Waals surface area (Å²) in [6, 6.07) is 4.87. The van der Waals surface area contributed by atoms with Crippen LogP contribution in [0.3, 0.4) is 0 Å². The highest BCUT2D eigenvalue weighted by Gasteiger charge is 2.43. The van der Waals surface area contributed by atoms with Crippen LogP contribution in [-0.2, 0) is 29.3 Å². The fourth-order valence-electron chi connectivity index (χ4n) is 1.68. The first-order valence-corrected chi connectivity index (χ1v) is 10.2. The summed E-state index contributed by atoms with van der Waals surface area (Å²) >= 11 is 0. The van der Waals surface area contributed by atoms with Gasteiger partial charge in [-0.3, -0.25) is 14.1 Å². The molecule has 0 bridgehead atoms. The third-order valence-electron chi connectivity index (χ3n) is 2.83.